The van der Waals surface area contributed by atoms with Gasteiger partial charge in [0.25, 0.3) is 0 Å². The summed E-state index contributed by atoms with van der Waals surface area (Å²) in [7, 11) is 2.15. The molecule has 218 valence electrons. The van der Waals surface area contributed by atoms with Crippen molar-refractivity contribution in [1.29, 1.82) is 0 Å². The minimum atomic E-state index is -0.00221. The molecular weight excluding hydrogens is 558 g/mol. The van der Waals surface area contributed by atoms with Crippen molar-refractivity contribution in [3.8, 4) is 5.69 Å². The number of amidine groups is 1. The first-order valence-corrected chi connectivity index (χ1v) is 15.8. The van der Waals surface area contributed by atoms with Gasteiger partial charge in [0.05, 0.1) is 22.8 Å². The van der Waals surface area contributed by atoms with Gasteiger partial charge < -0.3 is 9.47 Å². The van der Waals surface area contributed by atoms with Crippen molar-refractivity contribution in [2.75, 3.05) is 7.05 Å². The molecule has 0 radical (unpaired) electrons. The van der Waals surface area contributed by atoms with Crippen molar-refractivity contribution in [3.05, 3.63) is 180 Å². The normalized spacial score (nSPS) is 15.1. The largest absolute Gasteiger partial charge is 0.349 e. The molecule has 3 nitrogen and oxygen atoms in total. The van der Waals surface area contributed by atoms with E-state index in [2.05, 4.69) is 180 Å². The summed E-state index contributed by atoms with van der Waals surface area (Å²) < 4.78 is 2.45. The average molecular weight is 590 g/mol. The van der Waals surface area contributed by atoms with Gasteiger partial charge in [-0.25, -0.2) is 4.99 Å². The zero-order valence-electron chi connectivity index (χ0n) is 25.5. The molecule has 1 atom stereocenters. The lowest BCUT2D eigenvalue weighted by Crippen LogP contribution is -2.33. The predicted octanol–water partition coefficient (Wildman–Crippen LogP) is 10.6. The van der Waals surface area contributed by atoms with Crippen LogP contribution in [-0.4, -0.2) is 22.4 Å². The lowest BCUT2D eigenvalue weighted by molar-refractivity contribution is 0.435. The molecule has 3 heteroatoms. The number of likely N-dealkylation sites (N-methyl/N-ethyl adjacent to an activating group) is 1. The van der Waals surface area contributed by atoms with Crippen LogP contribution in [-0.2, 0) is 0 Å². The summed E-state index contributed by atoms with van der Waals surface area (Å²) in [5.74, 6) is 0.965. The minimum Gasteiger partial charge on any atom is -0.349 e. The highest BCUT2D eigenvalue weighted by Crippen LogP contribution is 2.41. The number of aliphatic imine (C=N–C) groups is 1. The van der Waals surface area contributed by atoms with Crippen LogP contribution in [0.4, 0.5) is 0 Å². The van der Waals surface area contributed by atoms with E-state index in [-0.39, 0.29) is 6.04 Å². The highest BCUT2D eigenvalue weighted by atomic mass is 15.2. The van der Waals surface area contributed by atoms with Crippen molar-refractivity contribution in [2.45, 2.75) is 6.04 Å². The number of aromatic nitrogens is 1. The Hall–Kier alpha value is -5.93. The molecule has 0 bridgehead atoms. The number of hydrogen-bond donors (Lipinski definition) is 0. The fourth-order valence-electron chi connectivity index (χ4n) is 7.24. The highest BCUT2D eigenvalue weighted by Gasteiger charge is 2.26. The molecule has 9 rings (SSSR count). The molecule has 1 unspecified atom stereocenters. The Bertz CT molecular complexity index is 2390. The van der Waals surface area contributed by atoms with Gasteiger partial charge in [-0.1, -0.05) is 133 Å². The maximum atomic E-state index is 5.19. The van der Waals surface area contributed by atoms with Gasteiger partial charge in [0.15, 0.2) is 0 Å². The van der Waals surface area contributed by atoms with E-state index in [1.807, 2.05) is 0 Å². The third-order valence-corrected chi connectivity index (χ3v) is 9.41. The summed E-state index contributed by atoms with van der Waals surface area (Å²) in [6.07, 6.45) is 2.30. The molecule has 0 saturated carbocycles. The van der Waals surface area contributed by atoms with Crippen LogP contribution < -0.4 is 0 Å². The molecule has 2 heterocycles. The van der Waals surface area contributed by atoms with Gasteiger partial charge in [0.1, 0.15) is 5.84 Å². The summed E-state index contributed by atoms with van der Waals surface area (Å²) in [6, 6.07) is 56.6. The number of fused-ring (bicyclic) bond motifs is 7. The fraction of sp³-hybridized carbons (Fsp3) is 0.0465. The molecule has 1 aromatic heterocycles. The maximum absolute atomic E-state index is 5.19. The Morgan fingerprint density at radius 2 is 1.09 bits per heavy atom. The standard InChI is InChI=1S/C43H31N3/c1-45-40(28-37(31-15-4-2-5-16-31)44-43(45)32-17-6-3-7-18-32)33-19-12-20-34(27-33)46-38-25-23-29-13-8-10-21-35(29)41(38)42-36-22-11-9-14-30(36)24-26-39(42)46/h2-28,40H,1H3. The van der Waals surface area contributed by atoms with Crippen molar-refractivity contribution >= 4 is 54.9 Å². The second-order valence-electron chi connectivity index (χ2n) is 12.1. The summed E-state index contributed by atoms with van der Waals surface area (Å²) in [5.41, 5.74) is 8.00. The summed E-state index contributed by atoms with van der Waals surface area (Å²) in [4.78, 5) is 7.49. The average Bonchev–Trinajstić information content (AvgIpc) is 3.48. The van der Waals surface area contributed by atoms with Crippen LogP contribution in [0.25, 0.3) is 54.7 Å². The molecular formula is C43H31N3. The second kappa shape index (κ2) is 10.6. The van der Waals surface area contributed by atoms with Crippen molar-refractivity contribution < 1.29 is 0 Å². The SMILES string of the molecule is CN1C(c2ccccc2)=NC(c2ccccc2)=CC1c1cccc(-n2c3ccc4ccccc4c3c3c4ccccc4ccc32)c1. The first-order valence-electron chi connectivity index (χ1n) is 15.8. The zero-order valence-corrected chi connectivity index (χ0v) is 25.5. The number of rotatable bonds is 4. The van der Waals surface area contributed by atoms with E-state index in [4.69, 9.17) is 4.99 Å². The molecule has 1 aliphatic rings. The topological polar surface area (TPSA) is 20.5 Å². The summed E-state index contributed by atoms with van der Waals surface area (Å²) >= 11 is 0. The van der Waals surface area contributed by atoms with E-state index in [1.54, 1.807) is 0 Å². The van der Waals surface area contributed by atoms with Gasteiger partial charge in [0, 0.05) is 29.1 Å². The van der Waals surface area contributed by atoms with Crippen LogP contribution in [0, 0.1) is 0 Å². The molecule has 0 fully saturated rings. The van der Waals surface area contributed by atoms with E-state index in [9.17, 15) is 0 Å². The fourth-order valence-corrected chi connectivity index (χ4v) is 7.24. The first kappa shape index (κ1) is 26.5. The Kier molecular flexibility index (Phi) is 6.10. The van der Waals surface area contributed by atoms with E-state index in [0.29, 0.717) is 0 Å². The Morgan fingerprint density at radius 1 is 0.522 bits per heavy atom. The Labute approximate surface area is 268 Å². The highest BCUT2D eigenvalue weighted by molar-refractivity contribution is 6.28. The van der Waals surface area contributed by atoms with Crippen molar-refractivity contribution in [2.24, 2.45) is 4.99 Å². The van der Waals surface area contributed by atoms with Crippen LogP contribution in [0.5, 0.6) is 0 Å². The van der Waals surface area contributed by atoms with Crippen molar-refractivity contribution in [1.82, 2.24) is 9.47 Å². The zero-order chi connectivity index (χ0) is 30.6. The molecule has 46 heavy (non-hydrogen) atoms. The third-order valence-electron chi connectivity index (χ3n) is 9.41. The summed E-state index contributed by atoms with van der Waals surface area (Å²) in [5, 5.41) is 7.67. The number of nitrogens with zero attached hydrogens (tertiary/aromatic N) is 3. The maximum Gasteiger partial charge on any atom is 0.137 e. The van der Waals surface area contributed by atoms with Gasteiger partial charge >= 0.3 is 0 Å². The van der Waals surface area contributed by atoms with Crippen LogP contribution in [0.2, 0.25) is 0 Å². The van der Waals surface area contributed by atoms with E-state index < -0.39 is 0 Å². The molecule has 0 N–H and O–H groups in total. The quantitative estimate of drug-likeness (QED) is 0.200. The van der Waals surface area contributed by atoms with Crippen LogP contribution in [0.3, 0.4) is 0 Å². The lowest BCUT2D eigenvalue weighted by Gasteiger charge is -2.33. The second-order valence-corrected chi connectivity index (χ2v) is 12.1. The first-order chi connectivity index (χ1) is 22.7. The Balaban J connectivity index is 1.27. The monoisotopic (exact) mass is 589 g/mol. The number of benzene rings is 7. The molecule has 0 amide bonds. The number of hydrogen-bond acceptors (Lipinski definition) is 2. The van der Waals surface area contributed by atoms with E-state index >= 15 is 0 Å². The van der Waals surface area contributed by atoms with Gasteiger partial charge in [-0.3, -0.25) is 0 Å². The summed E-state index contributed by atoms with van der Waals surface area (Å²) in [6.45, 7) is 0. The molecule has 0 aliphatic carbocycles. The van der Waals surface area contributed by atoms with E-state index in [1.165, 1.54) is 48.9 Å². The molecule has 0 spiro atoms. The van der Waals surface area contributed by atoms with Gasteiger partial charge in [-0.05, 0) is 63.0 Å². The predicted molar refractivity (Wildman–Crippen MR) is 194 cm³/mol. The molecule has 7 aromatic carbocycles. The van der Waals surface area contributed by atoms with E-state index in [0.717, 1.165) is 28.3 Å². The van der Waals surface area contributed by atoms with Gasteiger partial charge in [-0.2, -0.15) is 0 Å². The van der Waals surface area contributed by atoms with Crippen LogP contribution in [0.15, 0.2) is 169 Å². The molecule has 1 aliphatic heterocycles. The minimum absolute atomic E-state index is 0.00221. The van der Waals surface area contributed by atoms with Crippen LogP contribution >= 0.6 is 0 Å². The molecule has 0 saturated heterocycles. The third kappa shape index (κ3) is 4.17. The molecule has 8 aromatic rings. The van der Waals surface area contributed by atoms with Gasteiger partial charge in [-0.15, -0.1) is 0 Å². The lowest BCUT2D eigenvalue weighted by atomic mass is 9.98. The van der Waals surface area contributed by atoms with Crippen molar-refractivity contribution in [3.63, 3.8) is 0 Å². The Morgan fingerprint density at radius 3 is 1.72 bits per heavy atom. The van der Waals surface area contributed by atoms with Crippen LogP contribution in [0.1, 0.15) is 22.7 Å². The van der Waals surface area contributed by atoms with Gasteiger partial charge in [0.2, 0.25) is 0 Å². The smallest absolute Gasteiger partial charge is 0.137 e.